The highest BCUT2D eigenvalue weighted by Gasteiger charge is 2.21. The first kappa shape index (κ1) is 15.9. The van der Waals surface area contributed by atoms with Gasteiger partial charge < -0.3 is 19.8 Å². The third-order valence-electron chi connectivity index (χ3n) is 2.47. The average molecular weight is 285 g/mol. The summed E-state index contributed by atoms with van der Waals surface area (Å²) in [6.45, 7) is 4.06. The van der Waals surface area contributed by atoms with Gasteiger partial charge in [0.25, 0.3) is 0 Å². The second-order valence-electron chi connectivity index (χ2n) is 4.67. The molecule has 6 heteroatoms. The van der Waals surface area contributed by atoms with Gasteiger partial charge in [0.1, 0.15) is 12.4 Å². The Morgan fingerprint density at radius 2 is 1.95 bits per heavy atom. The molecule has 1 rings (SSSR count). The molecular formula is C13H20NO4P. The largest absolute Gasteiger partial charge is 0.445 e. The van der Waals surface area contributed by atoms with Crippen LogP contribution in [0.4, 0.5) is 4.79 Å². The Kier molecular flexibility index (Phi) is 6.78. The van der Waals surface area contributed by atoms with Crippen molar-refractivity contribution >= 4 is 14.5 Å². The molecule has 3 N–H and O–H groups in total. The minimum absolute atomic E-state index is 0.163. The Hall–Kier alpha value is -1.16. The van der Waals surface area contributed by atoms with Crippen LogP contribution in [-0.2, 0) is 11.3 Å². The predicted molar refractivity (Wildman–Crippen MR) is 74.4 cm³/mol. The summed E-state index contributed by atoms with van der Waals surface area (Å²) < 4.78 is 5.03. The third-order valence-corrected chi connectivity index (χ3v) is 3.37. The van der Waals surface area contributed by atoms with Crippen molar-refractivity contribution in [2.45, 2.75) is 32.7 Å². The third kappa shape index (κ3) is 6.53. The molecule has 1 unspecified atom stereocenters. The molecule has 19 heavy (non-hydrogen) atoms. The number of nitrogens with one attached hydrogen (secondary N) is 1. The van der Waals surface area contributed by atoms with Crippen molar-refractivity contribution in [2.75, 3.05) is 0 Å². The van der Waals surface area contributed by atoms with Crippen molar-refractivity contribution in [1.82, 2.24) is 5.32 Å². The Bertz CT molecular complexity index is 383. The molecule has 0 spiro atoms. The number of amides is 1. The van der Waals surface area contributed by atoms with E-state index in [1.54, 1.807) is 0 Å². The van der Waals surface area contributed by atoms with E-state index >= 15 is 0 Å². The quantitative estimate of drug-likeness (QED) is 0.702. The zero-order chi connectivity index (χ0) is 14.3. The maximum atomic E-state index is 11.6. The molecule has 106 valence electrons. The lowest BCUT2D eigenvalue weighted by atomic mass is 10.1. The van der Waals surface area contributed by atoms with Crippen molar-refractivity contribution < 1.29 is 19.3 Å². The molecule has 0 saturated heterocycles. The first-order valence-electron chi connectivity index (χ1n) is 6.13. The molecule has 0 fully saturated rings. The summed E-state index contributed by atoms with van der Waals surface area (Å²) in [7, 11) is -2.21. The van der Waals surface area contributed by atoms with E-state index < -0.39 is 20.3 Å². The molecule has 0 aliphatic heterocycles. The van der Waals surface area contributed by atoms with Gasteiger partial charge in [-0.05, 0) is 17.9 Å². The van der Waals surface area contributed by atoms with Crippen LogP contribution in [0.15, 0.2) is 30.3 Å². The molecule has 1 atom stereocenters. The van der Waals surface area contributed by atoms with Gasteiger partial charge in [-0.25, -0.2) is 4.79 Å². The summed E-state index contributed by atoms with van der Waals surface area (Å²) in [5.41, 5.74) is 0.883. The molecule has 1 aromatic carbocycles. The van der Waals surface area contributed by atoms with Gasteiger partial charge in [0.15, 0.2) is 8.38 Å². The minimum atomic E-state index is -2.21. The van der Waals surface area contributed by atoms with Crippen molar-refractivity contribution in [3.05, 3.63) is 35.9 Å². The molecule has 0 aromatic heterocycles. The van der Waals surface area contributed by atoms with Crippen molar-refractivity contribution in [1.29, 1.82) is 0 Å². The van der Waals surface area contributed by atoms with E-state index in [1.165, 1.54) is 0 Å². The second kappa shape index (κ2) is 8.10. The van der Waals surface area contributed by atoms with Crippen LogP contribution in [0, 0.1) is 5.92 Å². The monoisotopic (exact) mass is 285 g/mol. The highest BCUT2D eigenvalue weighted by Crippen LogP contribution is 2.33. The van der Waals surface area contributed by atoms with Crippen LogP contribution >= 0.6 is 8.38 Å². The zero-order valence-electron chi connectivity index (χ0n) is 11.1. The smallest absolute Gasteiger partial charge is 0.408 e. The fraction of sp³-hybridized carbons (Fsp3) is 0.462. The van der Waals surface area contributed by atoms with E-state index in [0.29, 0.717) is 6.42 Å². The second-order valence-corrected chi connectivity index (χ2v) is 5.94. The van der Waals surface area contributed by atoms with Gasteiger partial charge in [-0.3, -0.25) is 0 Å². The summed E-state index contributed by atoms with van der Waals surface area (Å²) in [4.78, 5) is 30.1. The van der Waals surface area contributed by atoms with E-state index in [0.717, 1.165) is 5.56 Å². The summed E-state index contributed by atoms with van der Waals surface area (Å²) in [6, 6.07) is 9.30. The Labute approximate surface area is 114 Å². The highest BCUT2D eigenvalue weighted by atomic mass is 31.2. The van der Waals surface area contributed by atoms with Gasteiger partial charge in [0.05, 0.1) is 0 Å². The van der Waals surface area contributed by atoms with Crippen molar-refractivity contribution in [3.8, 4) is 0 Å². The number of alkyl carbamates (subject to hydrolysis) is 1. The lowest BCUT2D eigenvalue weighted by Gasteiger charge is -2.20. The van der Waals surface area contributed by atoms with Gasteiger partial charge in [0, 0.05) is 0 Å². The molecular weight excluding hydrogens is 265 g/mol. The van der Waals surface area contributed by atoms with Crippen LogP contribution in [0.1, 0.15) is 25.8 Å². The van der Waals surface area contributed by atoms with Crippen LogP contribution in [0.2, 0.25) is 0 Å². The zero-order valence-corrected chi connectivity index (χ0v) is 12.0. The van der Waals surface area contributed by atoms with E-state index in [-0.39, 0.29) is 12.5 Å². The number of rotatable bonds is 6. The summed E-state index contributed by atoms with van der Waals surface area (Å²) in [5, 5.41) is 2.49. The molecule has 1 aromatic rings. The molecule has 0 radical (unpaired) electrons. The molecule has 0 aliphatic carbocycles. The minimum Gasteiger partial charge on any atom is -0.445 e. The maximum absolute atomic E-state index is 11.6. The first-order valence-corrected chi connectivity index (χ1v) is 7.45. The molecule has 0 bridgehead atoms. The standard InChI is InChI=1S/C13H20NO4P/c1-10(2)8-12(19(16)17)14-13(15)18-9-11-6-4-3-5-7-11/h3-7,10,12,16-17H,8-9H2,1-2H3,(H,14,15). The van der Waals surface area contributed by atoms with E-state index in [9.17, 15) is 14.6 Å². The molecule has 0 saturated carbocycles. The average Bonchev–Trinajstić information content (AvgIpc) is 2.36. The number of ether oxygens (including phenoxy) is 1. The number of benzene rings is 1. The van der Waals surface area contributed by atoms with E-state index in [1.807, 2.05) is 44.2 Å². The summed E-state index contributed by atoms with van der Waals surface area (Å²) in [5.74, 6) is -0.401. The molecule has 5 nitrogen and oxygen atoms in total. The predicted octanol–water partition coefficient (Wildman–Crippen LogP) is 2.58. The maximum Gasteiger partial charge on any atom is 0.408 e. The van der Waals surface area contributed by atoms with Crippen LogP contribution in [0.3, 0.4) is 0 Å². The number of hydrogen-bond acceptors (Lipinski definition) is 4. The van der Waals surface area contributed by atoms with Gasteiger partial charge in [-0.1, -0.05) is 44.2 Å². The van der Waals surface area contributed by atoms with Gasteiger partial charge in [-0.2, -0.15) is 0 Å². The number of carbonyl (C=O) groups excluding carboxylic acids is 1. The van der Waals surface area contributed by atoms with E-state index in [4.69, 9.17) is 4.74 Å². The SMILES string of the molecule is CC(C)CC(NC(=O)OCc1ccccc1)P(O)O. The van der Waals surface area contributed by atoms with E-state index in [2.05, 4.69) is 5.32 Å². The Balaban J connectivity index is 2.40. The molecule has 0 aliphatic rings. The lowest BCUT2D eigenvalue weighted by molar-refractivity contribution is 0.137. The van der Waals surface area contributed by atoms with Crippen LogP contribution in [0.5, 0.6) is 0 Å². The number of carbonyl (C=O) groups is 1. The fourth-order valence-electron chi connectivity index (χ4n) is 1.56. The summed E-state index contributed by atoms with van der Waals surface area (Å²) in [6.07, 6.45) is -0.135. The van der Waals surface area contributed by atoms with Gasteiger partial charge >= 0.3 is 6.09 Å². The Morgan fingerprint density at radius 3 is 2.47 bits per heavy atom. The molecule has 0 heterocycles. The topological polar surface area (TPSA) is 78.8 Å². The highest BCUT2D eigenvalue weighted by molar-refractivity contribution is 7.45. The van der Waals surface area contributed by atoms with Crippen molar-refractivity contribution in [2.24, 2.45) is 5.92 Å². The normalized spacial score (nSPS) is 12.5. The lowest BCUT2D eigenvalue weighted by Crippen LogP contribution is -2.34. The van der Waals surface area contributed by atoms with Crippen LogP contribution in [0.25, 0.3) is 0 Å². The van der Waals surface area contributed by atoms with Crippen LogP contribution in [-0.4, -0.2) is 21.7 Å². The first-order chi connectivity index (χ1) is 8.99. The summed E-state index contributed by atoms with van der Waals surface area (Å²) >= 11 is 0. The molecule has 1 amide bonds. The van der Waals surface area contributed by atoms with Crippen LogP contribution < -0.4 is 5.32 Å². The fourth-order valence-corrected chi connectivity index (χ4v) is 2.39. The van der Waals surface area contributed by atoms with Crippen molar-refractivity contribution in [3.63, 3.8) is 0 Å². The number of hydrogen-bond donors (Lipinski definition) is 3. The Morgan fingerprint density at radius 1 is 1.32 bits per heavy atom. The van der Waals surface area contributed by atoms with Gasteiger partial charge in [0.2, 0.25) is 0 Å². The van der Waals surface area contributed by atoms with Gasteiger partial charge in [-0.15, -0.1) is 0 Å².